The lowest BCUT2D eigenvalue weighted by atomic mass is 9.87. The fraction of sp³-hybridized carbons (Fsp3) is 0.160. The van der Waals surface area contributed by atoms with Crippen molar-refractivity contribution in [2.24, 2.45) is 0 Å². The van der Waals surface area contributed by atoms with Crippen molar-refractivity contribution < 1.29 is 13.2 Å². The highest BCUT2D eigenvalue weighted by molar-refractivity contribution is 7.92. The number of amides is 1. The van der Waals surface area contributed by atoms with Crippen LogP contribution in [0.5, 0.6) is 0 Å². The Morgan fingerprint density at radius 3 is 1.94 bits per heavy atom. The number of H-pyrrole nitrogens is 2. The van der Waals surface area contributed by atoms with E-state index in [2.05, 4.69) is 40.8 Å². The molecule has 1 aromatic heterocycles. The Hall–Kier alpha value is -4.18. The minimum absolute atomic E-state index is 0.0882. The molecule has 0 radical (unpaired) electrons. The highest BCUT2D eigenvalue weighted by Crippen LogP contribution is 2.24. The normalized spacial score (nSPS) is 11.9. The first kappa shape index (κ1) is 24.0. The van der Waals surface area contributed by atoms with Crippen molar-refractivity contribution in [3.05, 3.63) is 98.6 Å². The first-order valence-corrected chi connectivity index (χ1v) is 12.2. The number of hydrogen-bond donors (Lipinski definition) is 4. The molecule has 180 valence electrons. The second-order valence-corrected chi connectivity index (χ2v) is 10.8. The van der Waals surface area contributed by atoms with Crippen LogP contribution in [0, 0.1) is 0 Å². The van der Waals surface area contributed by atoms with Gasteiger partial charge in [0, 0.05) is 16.9 Å². The van der Waals surface area contributed by atoms with Crippen molar-refractivity contribution in [1.29, 1.82) is 0 Å². The summed E-state index contributed by atoms with van der Waals surface area (Å²) in [4.78, 5) is 40.6. The van der Waals surface area contributed by atoms with E-state index in [1.54, 1.807) is 36.4 Å². The van der Waals surface area contributed by atoms with Crippen molar-refractivity contribution in [3.8, 4) is 0 Å². The molecule has 1 amide bonds. The van der Waals surface area contributed by atoms with Gasteiger partial charge in [-0.1, -0.05) is 32.9 Å². The molecule has 4 rings (SSSR count). The summed E-state index contributed by atoms with van der Waals surface area (Å²) in [6.07, 6.45) is 0. The summed E-state index contributed by atoms with van der Waals surface area (Å²) < 4.78 is 28.0. The first-order valence-electron chi connectivity index (χ1n) is 10.7. The highest BCUT2D eigenvalue weighted by atomic mass is 32.2. The topological polar surface area (TPSA) is 141 Å². The van der Waals surface area contributed by atoms with E-state index >= 15 is 0 Å². The summed E-state index contributed by atoms with van der Waals surface area (Å²) >= 11 is 0. The molecule has 0 fully saturated rings. The standard InChI is InChI=1S/C25H24N4O5S/c1-25(2,3)16-6-11-19(12-7-16)35(33,34)29-17-8-4-15(5-9-17)22(30)26-18-10-13-20-21(14-18)28-24(32)23(31)27-20/h4-14,29H,1-3H3,(H,26,30)(H,27,31)(H,28,32). The molecule has 9 nitrogen and oxygen atoms in total. The number of fused-ring (bicyclic) bond motifs is 1. The van der Waals surface area contributed by atoms with Crippen LogP contribution in [0.15, 0.2) is 81.2 Å². The zero-order valence-corrected chi connectivity index (χ0v) is 20.1. The van der Waals surface area contributed by atoms with Crippen LogP contribution < -0.4 is 21.2 Å². The monoisotopic (exact) mass is 492 g/mol. The third kappa shape index (κ3) is 5.33. The molecular weight excluding hydrogens is 468 g/mol. The van der Waals surface area contributed by atoms with E-state index in [0.717, 1.165) is 5.56 Å². The van der Waals surface area contributed by atoms with Gasteiger partial charge in [0.05, 0.1) is 15.9 Å². The molecule has 0 saturated carbocycles. The molecule has 0 atom stereocenters. The molecule has 0 spiro atoms. The molecule has 4 aromatic rings. The van der Waals surface area contributed by atoms with Crippen LogP contribution in [0.3, 0.4) is 0 Å². The third-order valence-electron chi connectivity index (χ3n) is 5.41. The van der Waals surface area contributed by atoms with Crippen LogP contribution in [0.25, 0.3) is 11.0 Å². The molecule has 1 heterocycles. The van der Waals surface area contributed by atoms with Gasteiger partial charge in [0.1, 0.15) is 0 Å². The second-order valence-electron chi connectivity index (χ2n) is 9.08. The Kier molecular flexibility index (Phi) is 6.08. The van der Waals surface area contributed by atoms with E-state index < -0.39 is 27.0 Å². The van der Waals surface area contributed by atoms with E-state index in [4.69, 9.17) is 0 Å². The molecule has 0 aliphatic rings. The maximum absolute atomic E-state index is 12.7. The smallest absolute Gasteiger partial charge is 0.314 e. The van der Waals surface area contributed by atoms with Crippen LogP contribution in [0.1, 0.15) is 36.7 Å². The molecule has 0 aliphatic heterocycles. The number of carbonyl (C=O) groups excluding carboxylic acids is 1. The van der Waals surface area contributed by atoms with Gasteiger partial charge in [0.25, 0.3) is 15.9 Å². The van der Waals surface area contributed by atoms with Gasteiger partial charge in [-0.15, -0.1) is 0 Å². The van der Waals surface area contributed by atoms with E-state index in [1.165, 1.54) is 30.3 Å². The van der Waals surface area contributed by atoms with Gasteiger partial charge in [-0.25, -0.2) is 8.42 Å². The van der Waals surface area contributed by atoms with Crippen molar-refractivity contribution >= 4 is 38.3 Å². The van der Waals surface area contributed by atoms with Gasteiger partial charge in [-0.2, -0.15) is 0 Å². The summed E-state index contributed by atoms with van der Waals surface area (Å²) in [7, 11) is -3.79. The van der Waals surface area contributed by atoms with Crippen molar-refractivity contribution in [3.63, 3.8) is 0 Å². The Balaban J connectivity index is 1.47. The van der Waals surface area contributed by atoms with E-state index in [1.807, 2.05) is 0 Å². The predicted molar refractivity (Wildman–Crippen MR) is 136 cm³/mol. The van der Waals surface area contributed by atoms with Gasteiger partial charge in [0.15, 0.2) is 0 Å². The zero-order valence-electron chi connectivity index (χ0n) is 19.3. The number of aromatic nitrogens is 2. The minimum Gasteiger partial charge on any atom is -0.322 e. The summed E-state index contributed by atoms with van der Waals surface area (Å²) in [5.41, 5.74) is 1.22. The second kappa shape index (κ2) is 8.88. The molecule has 4 N–H and O–H groups in total. The summed E-state index contributed by atoms with van der Waals surface area (Å²) in [6.45, 7) is 6.15. The SMILES string of the molecule is CC(C)(C)c1ccc(S(=O)(=O)Nc2ccc(C(=O)Nc3ccc4[nH]c(=O)c(=O)[nH]c4c3)cc2)cc1. The number of aromatic amines is 2. The molecule has 0 unspecified atom stereocenters. The van der Waals surface area contributed by atoms with Crippen molar-refractivity contribution in [2.75, 3.05) is 10.0 Å². The van der Waals surface area contributed by atoms with Gasteiger partial charge >= 0.3 is 11.1 Å². The molecule has 0 bridgehead atoms. The lowest BCUT2D eigenvalue weighted by Gasteiger charge is -2.19. The Morgan fingerprint density at radius 2 is 1.34 bits per heavy atom. The quantitative estimate of drug-likeness (QED) is 0.315. The minimum atomic E-state index is -3.79. The van der Waals surface area contributed by atoms with E-state index in [9.17, 15) is 22.8 Å². The van der Waals surface area contributed by atoms with Crippen LogP contribution in [-0.4, -0.2) is 24.3 Å². The van der Waals surface area contributed by atoms with Gasteiger partial charge < -0.3 is 15.3 Å². The average Bonchev–Trinajstić information content (AvgIpc) is 2.80. The Labute approximate surface area is 201 Å². The number of sulfonamides is 1. The molecule has 0 aliphatic carbocycles. The third-order valence-corrected chi connectivity index (χ3v) is 6.81. The molecule has 35 heavy (non-hydrogen) atoms. The van der Waals surface area contributed by atoms with Gasteiger partial charge in [0.2, 0.25) is 0 Å². The molecule has 3 aromatic carbocycles. The lowest BCUT2D eigenvalue weighted by Crippen LogP contribution is -2.28. The summed E-state index contributed by atoms with van der Waals surface area (Å²) in [5, 5.41) is 2.70. The molecule has 0 saturated heterocycles. The zero-order chi connectivity index (χ0) is 25.4. The number of carbonyl (C=O) groups is 1. The Morgan fingerprint density at radius 1 is 0.771 bits per heavy atom. The predicted octanol–water partition coefficient (Wildman–Crippen LogP) is 3.57. The number of hydrogen-bond acceptors (Lipinski definition) is 5. The fourth-order valence-electron chi connectivity index (χ4n) is 3.43. The number of benzene rings is 3. The molecular formula is C25H24N4O5S. The highest BCUT2D eigenvalue weighted by Gasteiger charge is 2.18. The van der Waals surface area contributed by atoms with Crippen LogP contribution in [0.2, 0.25) is 0 Å². The fourth-order valence-corrected chi connectivity index (χ4v) is 4.49. The Bertz CT molecular complexity index is 1630. The lowest BCUT2D eigenvalue weighted by molar-refractivity contribution is 0.102. The number of rotatable bonds is 5. The van der Waals surface area contributed by atoms with Gasteiger partial charge in [-0.05, 0) is 65.6 Å². The maximum Gasteiger partial charge on any atom is 0.314 e. The van der Waals surface area contributed by atoms with E-state index in [0.29, 0.717) is 28.0 Å². The van der Waals surface area contributed by atoms with Crippen LogP contribution in [-0.2, 0) is 15.4 Å². The van der Waals surface area contributed by atoms with Crippen molar-refractivity contribution in [1.82, 2.24) is 9.97 Å². The largest absolute Gasteiger partial charge is 0.322 e. The number of anilines is 2. The number of nitrogens with one attached hydrogen (secondary N) is 4. The van der Waals surface area contributed by atoms with Crippen LogP contribution >= 0.6 is 0 Å². The van der Waals surface area contributed by atoms with E-state index in [-0.39, 0.29) is 10.3 Å². The summed E-state index contributed by atoms with van der Waals surface area (Å²) in [6, 6.07) is 17.4. The average molecular weight is 493 g/mol. The summed E-state index contributed by atoms with van der Waals surface area (Å²) in [5.74, 6) is -0.428. The first-order chi connectivity index (χ1) is 16.4. The van der Waals surface area contributed by atoms with Crippen molar-refractivity contribution in [2.45, 2.75) is 31.1 Å². The maximum atomic E-state index is 12.7. The molecule has 10 heteroatoms. The van der Waals surface area contributed by atoms with Crippen LogP contribution in [0.4, 0.5) is 11.4 Å². The van der Waals surface area contributed by atoms with Gasteiger partial charge in [-0.3, -0.25) is 19.1 Å².